The predicted octanol–water partition coefficient (Wildman–Crippen LogP) is 4.48. The molecule has 2 aromatic carbocycles. The van der Waals surface area contributed by atoms with Crippen molar-refractivity contribution in [3.8, 4) is 5.75 Å². The highest BCUT2D eigenvalue weighted by molar-refractivity contribution is 7.24. The number of carbonyl (C=O) groups excluding carboxylic acids is 1. The van der Waals surface area contributed by atoms with Crippen LogP contribution in [0.5, 0.6) is 5.75 Å². The van der Waals surface area contributed by atoms with Gasteiger partial charge >= 0.3 is 0 Å². The summed E-state index contributed by atoms with van der Waals surface area (Å²) in [5.41, 5.74) is 2.33. The van der Waals surface area contributed by atoms with E-state index >= 15 is 0 Å². The van der Waals surface area contributed by atoms with Gasteiger partial charge in [0.25, 0.3) is 5.91 Å². The number of hydrogen-bond acceptors (Lipinski definition) is 6. The molecule has 1 N–H and O–H groups in total. The lowest BCUT2D eigenvalue weighted by molar-refractivity contribution is 0.102. The lowest BCUT2D eigenvalue weighted by Crippen LogP contribution is -2.11. The fourth-order valence-corrected chi connectivity index (χ4v) is 4.33. The van der Waals surface area contributed by atoms with Crippen molar-refractivity contribution >= 4 is 54.1 Å². The van der Waals surface area contributed by atoms with Gasteiger partial charge in [-0.15, -0.1) is 11.3 Å². The molecule has 0 aliphatic heterocycles. The van der Waals surface area contributed by atoms with Crippen LogP contribution in [-0.2, 0) is 0 Å². The van der Waals surface area contributed by atoms with Gasteiger partial charge in [-0.25, -0.2) is 9.97 Å². The number of carbonyl (C=O) groups is 1. The summed E-state index contributed by atoms with van der Waals surface area (Å²) in [6.07, 6.45) is 0. The topological polar surface area (TPSA) is 64.1 Å². The number of aryl methyl sites for hydroxylation is 1. The van der Waals surface area contributed by atoms with Crippen LogP contribution in [0.2, 0.25) is 0 Å². The molecule has 0 aliphatic rings. The zero-order valence-corrected chi connectivity index (χ0v) is 14.6. The van der Waals surface area contributed by atoms with Gasteiger partial charge in [0.2, 0.25) is 0 Å². The Morgan fingerprint density at radius 3 is 2.88 bits per heavy atom. The van der Waals surface area contributed by atoms with E-state index in [4.69, 9.17) is 4.74 Å². The van der Waals surface area contributed by atoms with E-state index in [0.29, 0.717) is 16.4 Å². The van der Waals surface area contributed by atoms with Crippen molar-refractivity contribution in [2.75, 3.05) is 12.4 Å². The second-order valence-corrected chi connectivity index (χ2v) is 7.43. The van der Waals surface area contributed by atoms with E-state index in [1.807, 2.05) is 19.1 Å². The molecule has 0 saturated carbocycles. The summed E-state index contributed by atoms with van der Waals surface area (Å²) < 4.78 is 7.29. The Morgan fingerprint density at radius 2 is 2.04 bits per heavy atom. The van der Waals surface area contributed by atoms with E-state index in [-0.39, 0.29) is 5.91 Å². The molecule has 4 aromatic rings. The van der Waals surface area contributed by atoms with Gasteiger partial charge in [0.1, 0.15) is 11.3 Å². The number of amides is 1. The molecular weight excluding hydrogens is 342 g/mol. The Kier molecular flexibility index (Phi) is 3.66. The number of hydrogen-bond donors (Lipinski definition) is 1. The summed E-state index contributed by atoms with van der Waals surface area (Å²) in [4.78, 5) is 21.5. The van der Waals surface area contributed by atoms with Crippen molar-refractivity contribution in [1.82, 2.24) is 9.97 Å². The van der Waals surface area contributed by atoms with Crippen LogP contribution in [0.25, 0.3) is 20.4 Å². The van der Waals surface area contributed by atoms with Crippen molar-refractivity contribution < 1.29 is 9.53 Å². The minimum Gasteiger partial charge on any atom is -0.497 e. The molecule has 0 bridgehead atoms. The summed E-state index contributed by atoms with van der Waals surface area (Å²) in [6.45, 7) is 1.99. The second-order valence-electron chi connectivity index (χ2n) is 5.20. The summed E-state index contributed by atoms with van der Waals surface area (Å²) in [5.74, 6) is 0.435. The summed E-state index contributed by atoms with van der Waals surface area (Å²) in [5, 5.41) is 4.45. The van der Waals surface area contributed by atoms with Crippen molar-refractivity contribution in [3.05, 3.63) is 47.0 Å². The first-order chi connectivity index (χ1) is 11.6. The number of anilines is 1. The van der Waals surface area contributed by atoms with E-state index in [9.17, 15) is 4.79 Å². The Morgan fingerprint density at radius 1 is 1.17 bits per heavy atom. The van der Waals surface area contributed by atoms with Crippen LogP contribution in [0.4, 0.5) is 5.13 Å². The van der Waals surface area contributed by atoms with E-state index in [2.05, 4.69) is 15.3 Å². The predicted molar refractivity (Wildman–Crippen MR) is 98.5 cm³/mol. The third kappa shape index (κ3) is 2.61. The molecule has 0 spiro atoms. The maximum Gasteiger partial charge on any atom is 0.257 e. The number of nitrogens with zero attached hydrogens (tertiary/aromatic N) is 2. The van der Waals surface area contributed by atoms with Crippen LogP contribution in [0, 0.1) is 6.92 Å². The highest BCUT2D eigenvalue weighted by Crippen LogP contribution is 2.34. The highest BCUT2D eigenvalue weighted by atomic mass is 32.1. The Hall–Kier alpha value is -2.51. The molecule has 2 aromatic heterocycles. The minimum atomic E-state index is -0.210. The molecule has 0 unspecified atom stereocenters. The number of aromatic nitrogens is 2. The maximum absolute atomic E-state index is 12.4. The van der Waals surface area contributed by atoms with Crippen molar-refractivity contribution in [2.45, 2.75) is 6.92 Å². The minimum absolute atomic E-state index is 0.210. The van der Waals surface area contributed by atoms with Crippen molar-refractivity contribution in [3.63, 3.8) is 0 Å². The normalized spacial score (nSPS) is 11.1. The van der Waals surface area contributed by atoms with Crippen LogP contribution in [0.1, 0.15) is 15.4 Å². The summed E-state index contributed by atoms with van der Waals surface area (Å²) in [7, 11) is 1.58. The zero-order chi connectivity index (χ0) is 16.7. The molecule has 4 rings (SSSR count). The lowest BCUT2D eigenvalue weighted by Gasteiger charge is -2.03. The first-order valence-corrected chi connectivity index (χ1v) is 8.89. The van der Waals surface area contributed by atoms with Crippen LogP contribution in [0.15, 0.2) is 36.4 Å². The smallest absolute Gasteiger partial charge is 0.257 e. The number of benzene rings is 2. The van der Waals surface area contributed by atoms with Gasteiger partial charge in [0.15, 0.2) is 5.13 Å². The number of methoxy groups -OCH3 is 1. The van der Waals surface area contributed by atoms with Gasteiger partial charge < -0.3 is 4.74 Å². The first kappa shape index (κ1) is 15.0. The van der Waals surface area contributed by atoms with Gasteiger partial charge in [-0.1, -0.05) is 17.4 Å². The molecule has 0 atom stereocenters. The number of nitrogens with one attached hydrogen (secondary N) is 1. The van der Waals surface area contributed by atoms with Crippen LogP contribution in [0.3, 0.4) is 0 Å². The lowest BCUT2D eigenvalue weighted by atomic mass is 10.2. The molecule has 0 radical (unpaired) electrons. The number of ether oxygens (including phenoxy) is 1. The molecule has 1 amide bonds. The Bertz CT molecular complexity index is 1070. The van der Waals surface area contributed by atoms with Crippen LogP contribution in [-0.4, -0.2) is 23.0 Å². The largest absolute Gasteiger partial charge is 0.497 e. The monoisotopic (exact) mass is 355 g/mol. The second kappa shape index (κ2) is 5.85. The third-order valence-corrected chi connectivity index (χ3v) is 5.50. The van der Waals surface area contributed by atoms with E-state index < -0.39 is 0 Å². The van der Waals surface area contributed by atoms with Crippen molar-refractivity contribution in [2.24, 2.45) is 0 Å². The maximum atomic E-state index is 12.4. The molecule has 7 heteroatoms. The van der Waals surface area contributed by atoms with Gasteiger partial charge in [-0.3, -0.25) is 10.1 Å². The number of fused-ring (bicyclic) bond motifs is 3. The van der Waals surface area contributed by atoms with Crippen molar-refractivity contribution in [1.29, 1.82) is 0 Å². The molecule has 0 fully saturated rings. The first-order valence-electron chi connectivity index (χ1n) is 7.26. The molecule has 0 saturated heterocycles. The molecule has 120 valence electrons. The Labute approximate surface area is 145 Å². The highest BCUT2D eigenvalue weighted by Gasteiger charge is 2.14. The fourth-order valence-electron chi connectivity index (χ4n) is 2.47. The third-order valence-electron chi connectivity index (χ3n) is 3.57. The van der Waals surface area contributed by atoms with Gasteiger partial charge in [0.05, 0.1) is 27.0 Å². The number of rotatable bonds is 3. The van der Waals surface area contributed by atoms with Crippen LogP contribution < -0.4 is 10.1 Å². The summed E-state index contributed by atoms with van der Waals surface area (Å²) in [6, 6.07) is 11.0. The van der Waals surface area contributed by atoms with E-state index in [0.717, 1.165) is 25.4 Å². The van der Waals surface area contributed by atoms with Gasteiger partial charge in [0, 0.05) is 5.56 Å². The van der Waals surface area contributed by atoms with E-state index in [1.54, 1.807) is 42.7 Å². The zero-order valence-electron chi connectivity index (χ0n) is 13.0. The molecule has 2 heterocycles. The molecule has 5 nitrogen and oxygen atoms in total. The quantitative estimate of drug-likeness (QED) is 0.589. The standard InChI is InChI=1S/C17H13N3O2S2/c1-9-18-14-13(23-9)7-6-12-15(14)24-17(19-12)20-16(21)10-4-3-5-11(8-10)22-2/h3-8H,1-2H3,(H,19,20,21). The van der Waals surface area contributed by atoms with Crippen LogP contribution >= 0.6 is 22.7 Å². The van der Waals surface area contributed by atoms with Gasteiger partial charge in [-0.05, 0) is 37.3 Å². The molecule has 0 aliphatic carbocycles. The fraction of sp³-hybridized carbons (Fsp3) is 0.118. The van der Waals surface area contributed by atoms with E-state index in [1.165, 1.54) is 11.3 Å². The average Bonchev–Trinajstić information content (AvgIpc) is 3.16. The molecular formula is C17H13N3O2S2. The molecule has 24 heavy (non-hydrogen) atoms. The number of thiazole rings is 2. The van der Waals surface area contributed by atoms with Gasteiger partial charge in [-0.2, -0.15) is 0 Å². The summed E-state index contributed by atoms with van der Waals surface area (Å²) >= 11 is 3.10. The SMILES string of the molecule is COc1cccc(C(=O)Nc2nc3ccc4sc(C)nc4c3s2)c1. The Balaban J connectivity index is 1.69. The average molecular weight is 355 g/mol.